The lowest BCUT2D eigenvalue weighted by molar-refractivity contribution is -0.122. The van der Waals surface area contributed by atoms with Gasteiger partial charge in [0.25, 0.3) is 11.8 Å². The lowest BCUT2D eigenvalue weighted by Crippen LogP contribution is -2.35. The Kier molecular flexibility index (Phi) is 9.01. The SMILES string of the molecule is C#Cc1ccc(-c2ccc(Cl)c3c(NS(C)(=O)=O)nn(C)c23)c([C@H](Cc2cc(C)cc(F)c2)NC(=O)Cn2nc(C(=O)N(C)C)c3c2C(F)(F)[C@@H]2C[C@H]32)n1. The lowest BCUT2D eigenvalue weighted by Gasteiger charge is -2.23. The van der Waals surface area contributed by atoms with Crippen molar-refractivity contribution in [3.05, 3.63) is 92.8 Å². The molecule has 5 aromatic rings. The number of aryl methyl sites for hydroxylation is 2. The number of benzene rings is 2. The summed E-state index contributed by atoms with van der Waals surface area (Å²) >= 11 is 6.60. The van der Waals surface area contributed by atoms with Crippen molar-refractivity contribution in [1.29, 1.82) is 0 Å². The van der Waals surface area contributed by atoms with Gasteiger partial charge in [0.15, 0.2) is 11.5 Å². The molecule has 12 nitrogen and oxygen atoms in total. The third-order valence-corrected chi connectivity index (χ3v) is 10.5. The van der Waals surface area contributed by atoms with Gasteiger partial charge < -0.3 is 10.2 Å². The molecule has 0 saturated heterocycles. The van der Waals surface area contributed by atoms with Crippen molar-refractivity contribution in [3.8, 4) is 23.5 Å². The number of fused-ring (bicyclic) bond motifs is 4. The summed E-state index contributed by atoms with van der Waals surface area (Å²) < 4.78 is 75.1. The number of nitrogens with zero attached hydrogens (tertiary/aromatic N) is 6. The molecule has 0 radical (unpaired) electrons. The van der Waals surface area contributed by atoms with E-state index in [0.717, 1.165) is 10.9 Å². The standard InChI is InChI=1S/C37H34ClF3N8O4S/c1-7-21-8-9-22(23-10-11-26(38)30-33(23)48(5)45-35(30)46-54(6,52)53)31(42-21)27(15-19-12-18(2)13-20(39)14-19)43-28(50)17-49-34-29(24-16-25(24)37(34,40)41)32(44-49)36(51)47(3)4/h1,8-14,24-25,27H,15-17H2,2-6H3,(H,43,50)(H,45,46)/t24-,25+,27-/m0/s1. The van der Waals surface area contributed by atoms with Gasteiger partial charge in [-0.05, 0) is 67.1 Å². The summed E-state index contributed by atoms with van der Waals surface area (Å²) in [6, 6.07) is 9.88. The quantitative estimate of drug-likeness (QED) is 0.183. The molecule has 2 N–H and O–H groups in total. The molecule has 3 atom stereocenters. The number of anilines is 1. The minimum absolute atomic E-state index is 0.00926. The molecule has 0 bridgehead atoms. The summed E-state index contributed by atoms with van der Waals surface area (Å²) in [6.45, 7) is 1.06. The van der Waals surface area contributed by atoms with E-state index in [2.05, 4.69) is 26.2 Å². The normalized spacial score (nSPS) is 17.4. The molecule has 0 unspecified atom stereocenters. The van der Waals surface area contributed by atoms with Crippen molar-refractivity contribution in [2.75, 3.05) is 25.1 Å². The summed E-state index contributed by atoms with van der Waals surface area (Å²) in [6.07, 6.45) is 6.97. The van der Waals surface area contributed by atoms with Gasteiger partial charge in [-0.15, -0.1) is 6.42 Å². The molecule has 2 aromatic carbocycles. The Morgan fingerprint density at radius 2 is 1.87 bits per heavy atom. The van der Waals surface area contributed by atoms with Crippen molar-refractivity contribution in [1.82, 2.24) is 34.8 Å². The second kappa shape index (κ2) is 13.2. The van der Waals surface area contributed by atoms with Gasteiger partial charge in [-0.25, -0.2) is 17.8 Å². The maximum Gasteiger partial charge on any atom is 0.293 e. The monoisotopic (exact) mass is 778 g/mol. The molecule has 1 saturated carbocycles. The number of halogens is 4. The molecule has 0 spiro atoms. The maximum absolute atomic E-state index is 15.6. The summed E-state index contributed by atoms with van der Waals surface area (Å²) in [5, 5.41) is 12.0. The number of hydrogen-bond donors (Lipinski definition) is 2. The topological polar surface area (TPSA) is 144 Å². The molecule has 3 aromatic heterocycles. The van der Waals surface area contributed by atoms with E-state index >= 15 is 8.78 Å². The number of alkyl halides is 2. The van der Waals surface area contributed by atoms with Gasteiger partial charge in [0.2, 0.25) is 15.9 Å². The molecule has 280 valence electrons. The summed E-state index contributed by atoms with van der Waals surface area (Å²) in [4.78, 5) is 33.1. The highest BCUT2D eigenvalue weighted by Gasteiger charge is 2.67. The first-order valence-electron chi connectivity index (χ1n) is 16.7. The van der Waals surface area contributed by atoms with Gasteiger partial charge >= 0.3 is 0 Å². The fourth-order valence-electron chi connectivity index (χ4n) is 7.40. The van der Waals surface area contributed by atoms with E-state index in [9.17, 15) is 22.4 Å². The Morgan fingerprint density at radius 1 is 1.15 bits per heavy atom. The van der Waals surface area contributed by atoms with Crippen LogP contribution in [0.1, 0.15) is 62.6 Å². The number of rotatable bonds is 10. The van der Waals surface area contributed by atoms with Gasteiger partial charge in [0.05, 0.1) is 33.9 Å². The van der Waals surface area contributed by atoms with Crippen molar-refractivity contribution in [3.63, 3.8) is 0 Å². The Labute approximate surface area is 313 Å². The van der Waals surface area contributed by atoms with E-state index in [-0.39, 0.29) is 46.3 Å². The molecule has 2 aliphatic rings. The second-order valence-electron chi connectivity index (χ2n) is 13.9. The summed E-state index contributed by atoms with van der Waals surface area (Å²) in [5.41, 5.74) is 2.50. The molecule has 7 rings (SSSR count). The zero-order valence-corrected chi connectivity index (χ0v) is 31.3. The molecule has 17 heteroatoms. The number of aromatic nitrogens is 5. The van der Waals surface area contributed by atoms with Crippen LogP contribution >= 0.6 is 11.6 Å². The van der Waals surface area contributed by atoms with E-state index < -0.39 is 63.7 Å². The minimum Gasteiger partial charge on any atom is -0.346 e. The van der Waals surface area contributed by atoms with E-state index in [1.807, 2.05) is 0 Å². The Morgan fingerprint density at radius 3 is 2.54 bits per heavy atom. The lowest BCUT2D eigenvalue weighted by atomic mass is 9.93. The number of nitrogens with one attached hydrogen (secondary N) is 2. The van der Waals surface area contributed by atoms with Crippen molar-refractivity contribution >= 4 is 50.2 Å². The molecule has 3 heterocycles. The highest BCUT2D eigenvalue weighted by atomic mass is 35.5. The Bertz CT molecular complexity index is 2540. The highest BCUT2D eigenvalue weighted by Crippen LogP contribution is 2.67. The number of amides is 2. The molecular formula is C37H34ClF3N8O4S. The van der Waals surface area contributed by atoms with Crippen molar-refractivity contribution in [2.24, 2.45) is 13.0 Å². The van der Waals surface area contributed by atoms with Crippen LogP contribution in [0.4, 0.5) is 19.0 Å². The fourth-order valence-corrected chi connectivity index (χ4v) is 8.14. The summed E-state index contributed by atoms with van der Waals surface area (Å²) in [7, 11) is 0.838. The predicted octanol–water partition coefficient (Wildman–Crippen LogP) is 5.30. The van der Waals surface area contributed by atoms with Crippen LogP contribution in [0, 0.1) is 31.0 Å². The Hall–Kier alpha value is -5.40. The number of carbonyl (C=O) groups excluding carboxylic acids is 2. The highest BCUT2D eigenvalue weighted by molar-refractivity contribution is 7.92. The van der Waals surface area contributed by atoms with Crippen LogP contribution in [0.25, 0.3) is 22.0 Å². The largest absolute Gasteiger partial charge is 0.346 e. The molecule has 1 fully saturated rings. The summed E-state index contributed by atoms with van der Waals surface area (Å²) in [5.74, 6) is -4.08. The van der Waals surface area contributed by atoms with Crippen LogP contribution < -0.4 is 10.0 Å². The van der Waals surface area contributed by atoms with E-state index in [1.165, 1.54) is 35.8 Å². The van der Waals surface area contributed by atoms with Crippen LogP contribution in [-0.4, -0.2) is 70.0 Å². The smallest absolute Gasteiger partial charge is 0.293 e. The van der Waals surface area contributed by atoms with Gasteiger partial charge in [0.1, 0.15) is 23.7 Å². The van der Waals surface area contributed by atoms with Crippen LogP contribution in [-0.2, 0) is 40.8 Å². The van der Waals surface area contributed by atoms with Crippen molar-refractivity contribution < 1.29 is 31.2 Å². The van der Waals surface area contributed by atoms with Gasteiger partial charge in [-0.1, -0.05) is 29.7 Å². The first-order valence-corrected chi connectivity index (χ1v) is 19.0. The molecule has 0 aliphatic heterocycles. The van der Waals surface area contributed by atoms with Crippen LogP contribution in [0.2, 0.25) is 5.02 Å². The van der Waals surface area contributed by atoms with Gasteiger partial charge in [-0.2, -0.15) is 19.0 Å². The number of sulfonamides is 1. The molecule has 2 amide bonds. The number of pyridine rings is 1. The van der Waals surface area contributed by atoms with E-state index in [0.29, 0.717) is 33.2 Å². The molecule has 2 aliphatic carbocycles. The van der Waals surface area contributed by atoms with Gasteiger partial charge in [0, 0.05) is 43.8 Å². The second-order valence-corrected chi connectivity index (χ2v) is 16.1. The predicted molar refractivity (Wildman–Crippen MR) is 196 cm³/mol. The zero-order valence-electron chi connectivity index (χ0n) is 29.7. The van der Waals surface area contributed by atoms with Gasteiger partial charge in [-0.3, -0.25) is 23.7 Å². The van der Waals surface area contributed by atoms with E-state index in [4.69, 9.17) is 23.0 Å². The first-order chi connectivity index (χ1) is 25.4. The molecular weight excluding hydrogens is 745 g/mol. The third kappa shape index (κ3) is 6.55. The van der Waals surface area contributed by atoms with E-state index in [1.54, 1.807) is 44.3 Å². The van der Waals surface area contributed by atoms with Crippen molar-refractivity contribution in [2.45, 2.75) is 44.2 Å². The molecule has 54 heavy (non-hydrogen) atoms. The number of terminal acetylenes is 1. The Balaban J connectivity index is 1.35. The minimum atomic E-state index is -3.75. The van der Waals surface area contributed by atoms with Crippen LogP contribution in [0.3, 0.4) is 0 Å². The number of hydrogen-bond acceptors (Lipinski definition) is 7. The van der Waals surface area contributed by atoms with Crippen LogP contribution in [0.15, 0.2) is 42.5 Å². The zero-order chi connectivity index (χ0) is 39.0. The average molecular weight is 779 g/mol. The fraction of sp³-hybridized carbons (Fsp3) is 0.324. The number of carbonyl (C=O) groups is 2. The van der Waals surface area contributed by atoms with Crippen LogP contribution in [0.5, 0.6) is 0 Å². The third-order valence-electron chi connectivity index (χ3n) is 9.62. The average Bonchev–Trinajstić information content (AvgIpc) is 3.63. The maximum atomic E-state index is 15.6. The first kappa shape index (κ1) is 36.9.